The molecule has 1 aliphatic rings. The number of allylic oxidation sites excluding steroid dienone is 1. The number of fused-ring (bicyclic) bond motifs is 1. The highest BCUT2D eigenvalue weighted by molar-refractivity contribution is 6.02. The number of carbonyl (C=O) groups is 2. The third kappa shape index (κ3) is 5.35. The van der Waals surface area contributed by atoms with Gasteiger partial charge in [0, 0.05) is 47.7 Å². The van der Waals surface area contributed by atoms with Gasteiger partial charge < -0.3 is 26.7 Å². The molecule has 1 atom stereocenters. The van der Waals surface area contributed by atoms with E-state index in [9.17, 15) is 9.59 Å². The summed E-state index contributed by atoms with van der Waals surface area (Å²) in [7, 11) is 0. The largest absolute Gasteiger partial charge is 0.384 e. The van der Waals surface area contributed by atoms with E-state index in [4.69, 9.17) is 16.9 Å². The highest BCUT2D eigenvalue weighted by Crippen LogP contribution is 2.24. The molecule has 0 saturated heterocycles. The van der Waals surface area contributed by atoms with Gasteiger partial charge in [-0.2, -0.15) is 0 Å². The van der Waals surface area contributed by atoms with Crippen LogP contribution in [-0.4, -0.2) is 34.8 Å². The topological polar surface area (TPSA) is 139 Å². The van der Waals surface area contributed by atoms with Crippen LogP contribution < -0.4 is 22.1 Å². The molecule has 0 bridgehead atoms. The molecule has 0 aliphatic heterocycles. The molecule has 7 N–H and O–H groups in total. The minimum atomic E-state index is -0.125. The maximum absolute atomic E-state index is 13.3. The van der Waals surface area contributed by atoms with Crippen LogP contribution in [0.25, 0.3) is 10.9 Å². The zero-order valence-corrected chi connectivity index (χ0v) is 19.0. The second kappa shape index (κ2) is 10.4. The molecule has 1 aromatic heterocycles. The third-order valence-electron chi connectivity index (χ3n) is 6.00. The standard InChI is InChI=1S/C26H30N6O2/c27-13-12-24(33)30-21-10-6-17(7-11-21)16-32-22-15-19(25(28)29)9-8-18(22)14-23(32)26(34)31-20-4-2-1-3-5-20/h1-2,6-11,14-15,20H,3-5,12-13,16,27H2,(H3,28,29)(H,30,33)(H,31,34)/t20-/m1/s1. The summed E-state index contributed by atoms with van der Waals surface area (Å²) in [6.45, 7) is 0.754. The Morgan fingerprint density at radius 2 is 1.88 bits per heavy atom. The third-order valence-corrected chi connectivity index (χ3v) is 6.00. The lowest BCUT2D eigenvalue weighted by atomic mass is 10.0. The van der Waals surface area contributed by atoms with Gasteiger partial charge in [0.2, 0.25) is 5.91 Å². The molecule has 3 aromatic rings. The highest BCUT2D eigenvalue weighted by atomic mass is 16.2. The summed E-state index contributed by atoms with van der Waals surface area (Å²) in [5.74, 6) is -0.265. The molecule has 0 fully saturated rings. The van der Waals surface area contributed by atoms with Gasteiger partial charge in [-0.25, -0.2) is 0 Å². The number of hydrogen-bond acceptors (Lipinski definition) is 4. The van der Waals surface area contributed by atoms with Gasteiger partial charge in [0.15, 0.2) is 0 Å². The molecule has 0 radical (unpaired) electrons. The van der Waals surface area contributed by atoms with Crippen LogP contribution in [-0.2, 0) is 11.3 Å². The number of carbonyl (C=O) groups excluding carboxylic acids is 2. The van der Waals surface area contributed by atoms with Crippen molar-refractivity contribution in [3.05, 3.63) is 77.5 Å². The first-order valence-electron chi connectivity index (χ1n) is 11.5. The number of amidine groups is 1. The first-order valence-corrected chi connectivity index (χ1v) is 11.5. The van der Waals surface area contributed by atoms with E-state index in [0.717, 1.165) is 35.7 Å². The molecule has 0 unspecified atom stereocenters. The van der Waals surface area contributed by atoms with E-state index in [1.54, 1.807) is 6.07 Å². The van der Waals surface area contributed by atoms with E-state index in [-0.39, 0.29) is 30.1 Å². The van der Waals surface area contributed by atoms with Crippen LogP contribution >= 0.6 is 0 Å². The summed E-state index contributed by atoms with van der Waals surface area (Å²) in [5, 5.41) is 14.7. The van der Waals surface area contributed by atoms with Gasteiger partial charge in [0.05, 0.1) is 0 Å². The van der Waals surface area contributed by atoms with Gasteiger partial charge in [-0.1, -0.05) is 36.4 Å². The molecular weight excluding hydrogens is 428 g/mol. The number of nitrogen functional groups attached to an aromatic ring is 1. The molecule has 2 aromatic carbocycles. The molecule has 176 valence electrons. The molecule has 1 heterocycles. The summed E-state index contributed by atoms with van der Waals surface area (Å²) in [5.41, 5.74) is 14.8. The second-order valence-corrected chi connectivity index (χ2v) is 8.54. The zero-order valence-electron chi connectivity index (χ0n) is 19.0. The Bertz CT molecular complexity index is 1240. The van der Waals surface area contributed by atoms with E-state index in [1.165, 1.54) is 0 Å². The Balaban J connectivity index is 1.64. The second-order valence-electron chi connectivity index (χ2n) is 8.54. The lowest BCUT2D eigenvalue weighted by Crippen LogP contribution is -2.36. The number of anilines is 1. The molecule has 34 heavy (non-hydrogen) atoms. The van der Waals surface area contributed by atoms with Crippen LogP contribution in [0.15, 0.2) is 60.7 Å². The minimum Gasteiger partial charge on any atom is -0.384 e. The summed E-state index contributed by atoms with van der Waals surface area (Å²) in [4.78, 5) is 25.1. The van der Waals surface area contributed by atoms with Gasteiger partial charge in [-0.15, -0.1) is 0 Å². The fraction of sp³-hybridized carbons (Fsp3) is 0.269. The van der Waals surface area contributed by atoms with Crippen molar-refractivity contribution in [3.63, 3.8) is 0 Å². The van der Waals surface area contributed by atoms with Crippen LogP contribution in [0, 0.1) is 5.41 Å². The van der Waals surface area contributed by atoms with Crippen LogP contribution in [0.2, 0.25) is 0 Å². The molecule has 8 nitrogen and oxygen atoms in total. The van der Waals surface area contributed by atoms with Crippen molar-refractivity contribution in [1.82, 2.24) is 9.88 Å². The smallest absolute Gasteiger partial charge is 0.268 e. The molecule has 2 amide bonds. The fourth-order valence-corrected chi connectivity index (χ4v) is 4.20. The van der Waals surface area contributed by atoms with E-state index in [1.807, 2.05) is 47.0 Å². The number of nitrogens with zero attached hydrogens (tertiary/aromatic N) is 1. The molecule has 0 saturated carbocycles. The van der Waals surface area contributed by atoms with Crippen molar-refractivity contribution in [2.45, 2.75) is 38.3 Å². The monoisotopic (exact) mass is 458 g/mol. The Kier molecular flexibility index (Phi) is 7.08. The minimum absolute atomic E-state index is 0.0211. The predicted molar refractivity (Wildman–Crippen MR) is 135 cm³/mol. The van der Waals surface area contributed by atoms with E-state index in [2.05, 4.69) is 22.8 Å². The molecule has 8 heteroatoms. The first kappa shape index (κ1) is 23.3. The van der Waals surface area contributed by atoms with E-state index >= 15 is 0 Å². The number of hydrogen-bond donors (Lipinski definition) is 5. The maximum Gasteiger partial charge on any atom is 0.268 e. The lowest BCUT2D eigenvalue weighted by Gasteiger charge is -2.20. The summed E-state index contributed by atoms with van der Waals surface area (Å²) >= 11 is 0. The van der Waals surface area contributed by atoms with Crippen molar-refractivity contribution < 1.29 is 9.59 Å². The average molecular weight is 459 g/mol. The van der Waals surface area contributed by atoms with Crippen molar-refractivity contribution in [2.75, 3.05) is 11.9 Å². The SMILES string of the molecule is N=C(N)c1ccc2cc(C(=O)N[C@@H]3CC=CCC3)n(Cc3ccc(NC(=O)CCN)cc3)c2c1. The highest BCUT2D eigenvalue weighted by Gasteiger charge is 2.20. The lowest BCUT2D eigenvalue weighted by molar-refractivity contribution is -0.116. The van der Waals surface area contributed by atoms with Gasteiger partial charge in [0.25, 0.3) is 5.91 Å². The summed E-state index contributed by atoms with van der Waals surface area (Å²) in [6, 6.07) is 15.1. The van der Waals surface area contributed by atoms with Crippen LogP contribution in [0.1, 0.15) is 47.3 Å². The quantitative estimate of drug-likeness (QED) is 0.201. The predicted octanol–water partition coefficient (Wildman–Crippen LogP) is 3.10. The first-order chi connectivity index (χ1) is 16.4. The van der Waals surface area contributed by atoms with Crippen molar-refractivity contribution in [2.24, 2.45) is 11.5 Å². The summed E-state index contributed by atoms with van der Waals surface area (Å²) < 4.78 is 1.96. The Hall–Kier alpha value is -3.91. The molecule has 4 rings (SSSR count). The number of nitrogens with two attached hydrogens (primary N) is 2. The van der Waals surface area contributed by atoms with Crippen molar-refractivity contribution >= 4 is 34.2 Å². The maximum atomic E-state index is 13.3. The van der Waals surface area contributed by atoms with Gasteiger partial charge in [-0.3, -0.25) is 15.0 Å². The van der Waals surface area contributed by atoms with E-state index in [0.29, 0.717) is 30.0 Å². The zero-order chi connectivity index (χ0) is 24.1. The van der Waals surface area contributed by atoms with Crippen molar-refractivity contribution in [3.8, 4) is 0 Å². The average Bonchev–Trinajstić information content (AvgIpc) is 3.19. The van der Waals surface area contributed by atoms with Crippen molar-refractivity contribution in [1.29, 1.82) is 5.41 Å². The number of aromatic nitrogens is 1. The van der Waals surface area contributed by atoms with Crippen LogP contribution in [0.3, 0.4) is 0 Å². The number of benzene rings is 2. The Morgan fingerprint density at radius 1 is 1.09 bits per heavy atom. The Labute approximate surface area is 198 Å². The van der Waals surface area contributed by atoms with Gasteiger partial charge >= 0.3 is 0 Å². The molecule has 1 aliphatic carbocycles. The number of nitrogens with one attached hydrogen (secondary N) is 3. The number of amides is 2. The summed E-state index contributed by atoms with van der Waals surface area (Å²) in [6.07, 6.45) is 7.24. The van der Waals surface area contributed by atoms with E-state index < -0.39 is 0 Å². The fourth-order valence-electron chi connectivity index (χ4n) is 4.20. The van der Waals surface area contributed by atoms with Crippen LogP contribution in [0.4, 0.5) is 5.69 Å². The molecule has 0 spiro atoms. The Morgan fingerprint density at radius 3 is 2.56 bits per heavy atom. The van der Waals surface area contributed by atoms with Crippen LogP contribution in [0.5, 0.6) is 0 Å². The normalized spacial score (nSPS) is 15.3. The number of rotatable bonds is 8. The van der Waals surface area contributed by atoms with Gasteiger partial charge in [-0.05, 0) is 49.1 Å². The van der Waals surface area contributed by atoms with Gasteiger partial charge in [0.1, 0.15) is 11.5 Å². The molecular formula is C26H30N6O2.